The van der Waals surface area contributed by atoms with Gasteiger partial charge in [-0.1, -0.05) is 34.1 Å². The number of rotatable bonds is 14. The third-order valence-corrected chi connectivity index (χ3v) is 5.47. The summed E-state index contributed by atoms with van der Waals surface area (Å²) in [5, 5.41) is 16.8. The van der Waals surface area contributed by atoms with Crippen molar-refractivity contribution in [2.24, 2.45) is 17.6 Å². The van der Waals surface area contributed by atoms with Crippen LogP contribution in [0.25, 0.3) is 0 Å². The van der Waals surface area contributed by atoms with E-state index in [9.17, 15) is 19.2 Å². The molecule has 5 unspecified atom stereocenters. The van der Waals surface area contributed by atoms with Crippen molar-refractivity contribution in [3.63, 3.8) is 0 Å². The zero-order valence-corrected chi connectivity index (χ0v) is 19.7. The molecule has 0 aromatic carbocycles. The van der Waals surface area contributed by atoms with Crippen molar-refractivity contribution in [1.29, 1.82) is 0 Å². The van der Waals surface area contributed by atoms with Crippen molar-refractivity contribution in [1.82, 2.24) is 16.0 Å². The van der Waals surface area contributed by atoms with Crippen molar-refractivity contribution >= 4 is 35.5 Å². The lowest BCUT2D eigenvalue weighted by molar-refractivity contribution is -0.141. The molecule has 0 aromatic heterocycles. The topological polar surface area (TPSA) is 151 Å². The lowest BCUT2D eigenvalue weighted by atomic mass is 9.96. The summed E-state index contributed by atoms with van der Waals surface area (Å²) < 4.78 is 0. The Hall–Kier alpha value is -1.81. The Morgan fingerprint density at radius 2 is 1.57 bits per heavy atom. The molecule has 0 aromatic rings. The Labute approximate surface area is 183 Å². The smallest absolute Gasteiger partial charge is 0.325 e. The summed E-state index contributed by atoms with van der Waals surface area (Å²) in [5.41, 5.74) is 5.94. The summed E-state index contributed by atoms with van der Waals surface area (Å²) in [5.74, 6) is -1.98. The summed E-state index contributed by atoms with van der Waals surface area (Å²) in [7, 11) is 0. The van der Waals surface area contributed by atoms with E-state index in [0.29, 0.717) is 25.0 Å². The van der Waals surface area contributed by atoms with Gasteiger partial charge in [-0.3, -0.25) is 19.2 Å². The second-order valence-corrected chi connectivity index (χ2v) is 9.00. The first kappa shape index (κ1) is 28.2. The van der Waals surface area contributed by atoms with Crippen molar-refractivity contribution < 1.29 is 24.3 Å². The minimum absolute atomic E-state index is 0.178. The van der Waals surface area contributed by atoms with Crippen LogP contribution < -0.4 is 21.7 Å². The molecule has 5 atom stereocenters. The van der Waals surface area contributed by atoms with E-state index in [4.69, 9.17) is 10.8 Å². The third kappa shape index (κ3) is 10.3. The molecular formula is C20H38N4O5S. The number of hydrogen-bond donors (Lipinski definition) is 5. The molecule has 0 heterocycles. The molecule has 6 N–H and O–H groups in total. The van der Waals surface area contributed by atoms with Gasteiger partial charge < -0.3 is 26.8 Å². The van der Waals surface area contributed by atoms with Crippen LogP contribution in [0.5, 0.6) is 0 Å². The monoisotopic (exact) mass is 446 g/mol. The van der Waals surface area contributed by atoms with Gasteiger partial charge in [0.1, 0.15) is 18.1 Å². The van der Waals surface area contributed by atoms with Gasteiger partial charge in [0.2, 0.25) is 17.7 Å². The molecule has 30 heavy (non-hydrogen) atoms. The normalized spacial score (nSPS) is 16.1. The lowest BCUT2D eigenvalue weighted by Gasteiger charge is -2.28. The fraction of sp³-hybridized carbons (Fsp3) is 0.800. The zero-order valence-electron chi connectivity index (χ0n) is 18.9. The van der Waals surface area contributed by atoms with Crippen LogP contribution in [0.2, 0.25) is 0 Å². The molecule has 174 valence electrons. The number of amides is 3. The van der Waals surface area contributed by atoms with Crippen LogP contribution in [0.15, 0.2) is 0 Å². The van der Waals surface area contributed by atoms with E-state index in [1.165, 1.54) is 18.7 Å². The van der Waals surface area contributed by atoms with E-state index in [1.807, 2.05) is 34.0 Å². The Bertz CT molecular complexity index is 588. The summed E-state index contributed by atoms with van der Waals surface area (Å²) in [6.45, 7) is 9.00. The van der Waals surface area contributed by atoms with Crippen molar-refractivity contribution in [2.45, 2.75) is 78.0 Å². The standard InChI is InChI=1S/C20H38N4O5S/c1-7-12(4)16(24-17(25)14(21)10-11(2)3)19(27)23-15(8-9-30-6)18(26)22-13(5)20(28)29/h11-16H,7-10,21H2,1-6H3,(H,22,26)(H,23,27)(H,24,25)(H,28,29). The Morgan fingerprint density at radius 3 is 2.03 bits per heavy atom. The van der Waals surface area contributed by atoms with Crippen LogP contribution in [0.4, 0.5) is 0 Å². The maximum atomic E-state index is 13.0. The van der Waals surface area contributed by atoms with Gasteiger partial charge in [0, 0.05) is 0 Å². The van der Waals surface area contributed by atoms with Crippen molar-refractivity contribution in [2.75, 3.05) is 12.0 Å². The number of carboxylic acid groups (broad SMARTS) is 1. The van der Waals surface area contributed by atoms with E-state index in [-0.39, 0.29) is 11.8 Å². The fourth-order valence-electron chi connectivity index (χ4n) is 2.72. The highest BCUT2D eigenvalue weighted by Gasteiger charge is 2.31. The SMILES string of the molecule is CCC(C)C(NC(=O)C(N)CC(C)C)C(=O)NC(CCSC)C(=O)NC(C)C(=O)O. The summed E-state index contributed by atoms with van der Waals surface area (Å²) in [6.07, 6.45) is 3.33. The van der Waals surface area contributed by atoms with Crippen LogP contribution >= 0.6 is 11.8 Å². The van der Waals surface area contributed by atoms with Gasteiger partial charge in [0.25, 0.3) is 0 Å². The van der Waals surface area contributed by atoms with E-state index in [0.717, 1.165) is 0 Å². The Balaban J connectivity index is 5.34. The molecule has 0 spiro atoms. The molecule has 0 rings (SSSR count). The van der Waals surface area contributed by atoms with Gasteiger partial charge in [0.05, 0.1) is 6.04 Å². The number of carboxylic acids is 1. The number of nitrogens with two attached hydrogens (primary N) is 1. The summed E-state index contributed by atoms with van der Waals surface area (Å²) in [4.78, 5) is 48.9. The number of aliphatic carboxylic acids is 1. The van der Waals surface area contributed by atoms with Crippen LogP contribution in [0.3, 0.4) is 0 Å². The maximum absolute atomic E-state index is 13.0. The largest absolute Gasteiger partial charge is 0.480 e. The molecule has 0 aliphatic carbocycles. The highest BCUT2D eigenvalue weighted by atomic mass is 32.2. The summed E-state index contributed by atoms with van der Waals surface area (Å²) >= 11 is 1.51. The predicted octanol–water partition coefficient (Wildman–Crippen LogP) is 0.718. The fourth-order valence-corrected chi connectivity index (χ4v) is 3.19. The average Bonchev–Trinajstić information content (AvgIpc) is 2.67. The van der Waals surface area contributed by atoms with Gasteiger partial charge in [0.15, 0.2) is 0 Å². The number of carbonyl (C=O) groups is 4. The van der Waals surface area contributed by atoms with Gasteiger partial charge >= 0.3 is 5.97 Å². The van der Waals surface area contributed by atoms with Gasteiger partial charge in [-0.15, -0.1) is 0 Å². The third-order valence-electron chi connectivity index (χ3n) is 4.83. The predicted molar refractivity (Wildman–Crippen MR) is 119 cm³/mol. The minimum atomic E-state index is -1.16. The molecule has 0 saturated carbocycles. The molecule has 0 radical (unpaired) electrons. The van der Waals surface area contributed by atoms with Gasteiger partial charge in [-0.25, -0.2) is 0 Å². The number of carbonyl (C=O) groups excluding carboxylic acids is 3. The van der Waals surface area contributed by atoms with Gasteiger partial charge in [-0.05, 0) is 43.6 Å². The number of thioether (sulfide) groups is 1. The zero-order chi connectivity index (χ0) is 23.4. The second-order valence-electron chi connectivity index (χ2n) is 8.02. The molecule has 0 fully saturated rings. The summed E-state index contributed by atoms with van der Waals surface area (Å²) in [6, 6.07) is -3.55. The van der Waals surface area contributed by atoms with E-state index < -0.39 is 47.9 Å². The highest BCUT2D eigenvalue weighted by Crippen LogP contribution is 2.11. The molecule has 9 nitrogen and oxygen atoms in total. The number of nitrogens with one attached hydrogen (secondary N) is 3. The quantitative estimate of drug-likeness (QED) is 0.264. The highest BCUT2D eigenvalue weighted by molar-refractivity contribution is 7.98. The van der Waals surface area contributed by atoms with Crippen LogP contribution in [-0.2, 0) is 19.2 Å². The molecule has 0 bridgehead atoms. The Morgan fingerprint density at radius 1 is 0.967 bits per heavy atom. The minimum Gasteiger partial charge on any atom is -0.480 e. The number of hydrogen-bond acceptors (Lipinski definition) is 6. The molecule has 0 saturated heterocycles. The average molecular weight is 447 g/mol. The molecule has 0 aliphatic heterocycles. The van der Waals surface area contributed by atoms with Gasteiger partial charge in [-0.2, -0.15) is 11.8 Å². The first-order valence-electron chi connectivity index (χ1n) is 10.3. The van der Waals surface area contributed by atoms with E-state index >= 15 is 0 Å². The van der Waals surface area contributed by atoms with E-state index in [1.54, 1.807) is 0 Å². The van der Waals surface area contributed by atoms with Crippen LogP contribution in [-0.4, -0.2) is 65.0 Å². The van der Waals surface area contributed by atoms with Crippen molar-refractivity contribution in [3.05, 3.63) is 0 Å². The van der Waals surface area contributed by atoms with Crippen molar-refractivity contribution in [3.8, 4) is 0 Å². The lowest BCUT2D eigenvalue weighted by Crippen LogP contribution is -2.58. The maximum Gasteiger partial charge on any atom is 0.325 e. The first-order chi connectivity index (χ1) is 13.9. The van der Waals surface area contributed by atoms with Crippen LogP contribution in [0, 0.1) is 11.8 Å². The molecule has 3 amide bonds. The molecule has 0 aliphatic rings. The van der Waals surface area contributed by atoms with Crippen LogP contribution in [0.1, 0.15) is 53.9 Å². The molecular weight excluding hydrogens is 408 g/mol. The Kier molecular flexibility index (Phi) is 13.4. The molecule has 10 heteroatoms. The first-order valence-corrected chi connectivity index (χ1v) is 11.7. The second kappa shape index (κ2) is 14.2. The van der Waals surface area contributed by atoms with E-state index in [2.05, 4.69) is 16.0 Å².